The Morgan fingerprint density at radius 1 is 1.38 bits per heavy atom. The van der Waals surface area contributed by atoms with Crippen LogP contribution in [-0.4, -0.2) is 41.9 Å². The van der Waals surface area contributed by atoms with E-state index in [1.165, 1.54) is 0 Å². The highest BCUT2D eigenvalue weighted by Crippen LogP contribution is 2.37. The maximum absolute atomic E-state index is 9.89. The van der Waals surface area contributed by atoms with E-state index in [2.05, 4.69) is 0 Å². The van der Waals surface area contributed by atoms with Crippen molar-refractivity contribution < 1.29 is 19.7 Å². The van der Waals surface area contributed by atoms with Crippen LogP contribution in [0.15, 0.2) is 0 Å². The van der Waals surface area contributed by atoms with Crippen LogP contribution in [0, 0.1) is 11.8 Å². The van der Waals surface area contributed by atoms with Crippen molar-refractivity contribution in [1.82, 2.24) is 0 Å². The Balaban J connectivity index is 2.14. The van der Waals surface area contributed by atoms with Gasteiger partial charge >= 0.3 is 0 Å². The minimum atomic E-state index is -0.485. The van der Waals surface area contributed by atoms with Crippen LogP contribution in [0.5, 0.6) is 0 Å². The van der Waals surface area contributed by atoms with Gasteiger partial charge in [0.25, 0.3) is 0 Å². The van der Waals surface area contributed by atoms with Gasteiger partial charge in [0.05, 0.1) is 25.4 Å². The smallest absolute Gasteiger partial charge is 0.163 e. The molecule has 0 aliphatic carbocycles. The first-order valence-corrected chi connectivity index (χ1v) is 4.84. The highest BCUT2D eigenvalue weighted by molar-refractivity contribution is 4.91. The third-order valence-electron chi connectivity index (χ3n) is 3.12. The van der Waals surface area contributed by atoms with Crippen molar-refractivity contribution in [1.29, 1.82) is 0 Å². The lowest BCUT2D eigenvalue weighted by atomic mass is 9.84. The summed E-state index contributed by atoms with van der Waals surface area (Å²) in [5, 5.41) is 19.0. The number of fused-ring (bicyclic) bond motifs is 2. The van der Waals surface area contributed by atoms with E-state index in [9.17, 15) is 5.11 Å². The maximum atomic E-state index is 9.89. The molecule has 2 aliphatic rings. The number of aliphatic hydroxyl groups excluding tert-OH is 2. The minimum Gasteiger partial charge on any atom is -0.396 e. The van der Waals surface area contributed by atoms with E-state index in [1.807, 2.05) is 6.92 Å². The fourth-order valence-electron chi connectivity index (χ4n) is 2.25. The van der Waals surface area contributed by atoms with Crippen molar-refractivity contribution in [2.24, 2.45) is 11.8 Å². The zero-order valence-corrected chi connectivity index (χ0v) is 7.72. The van der Waals surface area contributed by atoms with Gasteiger partial charge in [-0.15, -0.1) is 0 Å². The Kier molecular flexibility index (Phi) is 2.55. The van der Waals surface area contributed by atoms with Crippen molar-refractivity contribution >= 4 is 0 Å². The second-order valence-electron chi connectivity index (χ2n) is 3.79. The monoisotopic (exact) mass is 188 g/mol. The van der Waals surface area contributed by atoms with Crippen LogP contribution in [0.3, 0.4) is 0 Å². The van der Waals surface area contributed by atoms with Crippen LogP contribution in [0.25, 0.3) is 0 Å². The molecule has 2 N–H and O–H groups in total. The van der Waals surface area contributed by atoms with Crippen molar-refractivity contribution in [2.75, 3.05) is 13.2 Å². The zero-order valence-electron chi connectivity index (χ0n) is 7.72. The first-order chi connectivity index (χ1) is 6.27. The summed E-state index contributed by atoms with van der Waals surface area (Å²) in [6, 6.07) is 0. The quantitative estimate of drug-likeness (QED) is 0.626. The molecule has 2 fully saturated rings. The number of rotatable bonds is 2. The second kappa shape index (κ2) is 3.53. The van der Waals surface area contributed by atoms with Gasteiger partial charge in [0.15, 0.2) is 6.29 Å². The Bertz CT molecular complexity index is 166. The number of hydrogen-bond donors (Lipinski definition) is 2. The van der Waals surface area contributed by atoms with E-state index >= 15 is 0 Å². The summed E-state index contributed by atoms with van der Waals surface area (Å²) in [6.07, 6.45) is -0.0449. The van der Waals surface area contributed by atoms with Crippen molar-refractivity contribution in [2.45, 2.75) is 31.8 Å². The average molecular weight is 188 g/mol. The van der Waals surface area contributed by atoms with Crippen LogP contribution in [0.4, 0.5) is 0 Å². The van der Waals surface area contributed by atoms with Gasteiger partial charge < -0.3 is 19.7 Å². The molecule has 0 aromatic carbocycles. The molecule has 2 heterocycles. The molecule has 76 valence electrons. The third kappa shape index (κ3) is 1.38. The van der Waals surface area contributed by atoms with Gasteiger partial charge in [-0.1, -0.05) is 6.92 Å². The Morgan fingerprint density at radius 3 is 2.77 bits per heavy atom. The maximum Gasteiger partial charge on any atom is 0.163 e. The Morgan fingerprint density at radius 2 is 2.15 bits per heavy atom. The predicted molar refractivity (Wildman–Crippen MR) is 45.0 cm³/mol. The second-order valence-corrected chi connectivity index (χ2v) is 3.79. The predicted octanol–water partition coefficient (Wildman–Crippen LogP) is -0.263. The molecule has 4 heteroatoms. The van der Waals surface area contributed by atoms with Crippen molar-refractivity contribution in [3.8, 4) is 0 Å². The summed E-state index contributed by atoms with van der Waals surface area (Å²) in [7, 11) is 0. The molecule has 0 spiro atoms. The van der Waals surface area contributed by atoms with E-state index in [1.54, 1.807) is 0 Å². The van der Waals surface area contributed by atoms with Crippen molar-refractivity contribution in [3.63, 3.8) is 0 Å². The van der Waals surface area contributed by atoms with E-state index in [-0.39, 0.29) is 30.8 Å². The third-order valence-corrected chi connectivity index (χ3v) is 3.12. The largest absolute Gasteiger partial charge is 0.396 e. The minimum absolute atomic E-state index is 0.0101. The Labute approximate surface area is 77.5 Å². The molecule has 5 atom stereocenters. The fourth-order valence-corrected chi connectivity index (χ4v) is 2.25. The summed E-state index contributed by atoms with van der Waals surface area (Å²) in [5.74, 6) is -0.167. The lowest BCUT2D eigenvalue weighted by molar-refractivity contribution is -0.190. The number of ether oxygens (including phenoxy) is 2. The van der Waals surface area contributed by atoms with E-state index in [0.717, 1.165) is 6.42 Å². The lowest BCUT2D eigenvalue weighted by Crippen LogP contribution is -2.48. The number of aliphatic hydroxyl groups is 2. The molecular formula is C9H16O4. The Hall–Kier alpha value is -0.160. The first-order valence-electron chi connectivity index (χ1n) is 4.84. The molecule has 13 heavy (non-hydrogen) atoms. The highest BCUT2D eigenvalue weighted by atomic mass is 16.7. The molecule has 0 amide bonds. The molecular weight excluding hydrogens is 172 g/mol. The SMILES string of the molecule is CCC1C2OCC(O2)C(CO)C1O. The molecule has 4 nitrogen and oxygen atoms in total. The van der Waals surface area contributed by atoms with Crippen LogP contribution in [0.1, 0.15) is 13.3 Å². The molecule has 0 radical (unpaired) electrons. The summed E-state index contributed by atoms with van der Waals surface area (Å²) in [5.41, 5.74) is 0. The van der Waals surface area contributed by atoms with E-state index in [0.29, 0.717) is 6.61 Å². The van der Waals surface area contributed by atoms with Gasteiger partial charge in [0.2, 0.25) is 0 Å². The van der Waals surface area contributed by atoms with Gasteiger partial charge in [-0.3, -0.25) is 0 Å². The molecule has 2 bridgehead atoms. The average Bonchev–Trinajstić information content (AvgIpc) is 2.52. The molecule has 5 unspecified atom stereocenters. The molecule has 2 aliphatic heterocycles. The van der Waals surface area contributed by atoms with Crippen molar-refractivity contribution in [3.05, 3.63) is 0 Å². The van der Waals surface area contributed by atoms with Crippen LogP contribution < -0.4 is 0 Å². The normalized spacial score (nSPS) is 49.6. The molecule has 2 rings (SSSR count). The van der Waals surface area contributed by atoms with Gasteiger partial charge in [-0.05, 0) is 6.42 Å². The fraction of sp³-hybridized carbons (Fsp3) is 1.00. The van der Waals surface area contributed by atoms with Gasteiger partial charge in [0.1, 0.15) is 0 Å². The summed E-state index contributed by atoms with van der Waals surface area (Å²) in [4.78, 5) is 0. The van der Waals surface area contributed by atoms with Gasteiger partial charge in [0, 0.05) is 11.8 Å². The van der Waals surface area contributed by atoms with E-state index < -0.39 is 6.10 Å². The molecule has 0 aromatic rings. The van der Waals surface area contributed by atoms with Gasteiger partial charge in [-0.25, -0.2) is 0 Å². The van der Waals surface area contributed by atoms with Crippen LogP contribution >= 0.6 is 0 Å². The first kappa shape index (κ1) is 9.40. The highest BCUT2D eigenvalue weighted by Gasteiger charge is 2.48. The van der Waals surface area contributed by atoms with Crippen LogP contribution in [0.2, 0.25) is 0 Å². The molecule has 0 aromatic heterocycles. The van der Waals surface area contributed by atoms with Gasteiger partial charge in [-0.2, -0.15) is 0 Å². The summed E-state index contributed by atoms with van der Waals surface area (Å²) in [6.45, 7) is 2.47. The summed E-state index contributed by atoms with van der Waals surface area (Å²) >= 11 is 0. The zero-order chi connectivity index (χ0) is 9.42. The molecule has 2 saturated heterocycles. The number of hydrogen-bond acceptors (Lipinski definition) is 4. The lowest BCUT2D eigenvalue weighted by Gasteiger charge is -2.37. The van der Waals surface area contributed by atoms with Crippen LogP contribution in [-0.2, 0) is 9.47 Å². The molecule has 0 saturated carbocycles. The van der Waals surface area contributed by atoms with E-state index in [4.69, 9.17) is 14.6 Å². The standard InChI is InChI=1S/C9H16O4/c1-2-5-8(11)6(3-10)7-4-12-9(5)13-7/h5-11H,2-4H2,1H3. The summed E-state index contributed by atoms with van der Waals surface area (Å²) < 4.78 is 10.9. The topological polar surface area (TPSA) is 58.9 Å².